The lowest BCUT2D eigenvalue weighted by molar-refractivity contribution is -0.145. The molecule has 6 heteroatoms. The molecule has 1 heterocycles. The fraction of sp³-hybridized carbons (Fsp3) is 0.429. The van der Waals surface area contributed by atoms with E-state index >= 15 is 0 Å². The van der Waals surface area contributed by atoms with Gasteiger partial charge in [0.05, 0.1) is 5.70 Å². The zero-order valence-corrected chi connectivity index (χ0v) is 6.42. The molecule has 3 N–H and O–H groups in total. The van der Waals surface area contributed by atoms with Crippen molar-refractivity contribution in [1.29, 1.82) is 0 Å². The highest BCUT2D eigenvalue weighted by Crippen LogP contribution is 2.23. The molecule has 0 aromatic heterocycles. The molecule has 13 heavy (non-hydrogen) atoms. The Morgan fingerprint density at radius 2 is 2.00 bits per heavy atom. The zero-order chi connectivity index (χ0) is 10.1. The minimum Gasteiger partial charge on any atom is -0.370 e. The third kappa shape index (κ3) is 2.46. The molecule has 0 fully saturated rings. The van der Waals surface area contributed by atoms with Crippen molar-refractivity contribution in [2.45, 2.75) is 18.5 Å². The third-order valence-electron chi connectivity index (χ3n) is 1.53. The van der Waals surface area contributed by atoms with Crippen LogP contribution in [0.2, 0.25) is 0 Å². The second kappa shape index (κ2) is 3.39. The molecule has 0 unspecified atom stereocenters. The van der Waals surface area contributed by atoms with E-state index in [9.17, 15) is 13.2 Å². The van der Waals surface area contributed by atoms with E-state index in [0.29, 0.717) is 0 Å². The molecule has 0 aromatic rings. The van der Waals surface area contributed by atoms with E-state index < -0.39 is 18.5 Å². The lowest BCUT2D eigenvalue weighted by Crippen LogP contribution is -2.43. The summed E-state index contributed by atoms with van der Waals surface area (Å²) in [5.74, 6) is 0. The van der Waals surface area contributed by atoms with Crippen molar-refractivity contribution in [2.24, 2.45) is 0 Å². The molecule has 0 radical (unpaired) electrons. The molecule has 1 aliphatic heterocycles. The summed E-state index contributed by atoms with van der Waals surface area (Å²) in [6.07, 6.45) is -3.14. The average molecular weight is 195 g/mol. The Hall–Kier alpha value is -1.01. The van der Waals surface area contributed by atoms with Gasteiger partial charge in [0, 0.05) is 0 Å². The minimum absolute atomic E-state index is 0.259. The van der Waals surface area contributed by atoms with E-state index in [-0.39, 0.29) is 5.70 Å². The monoisotopic (exact) mass is 195 g/mol. The minimum atomic E-state index is -4.43. The maximum atomic E-state index is 12.1. The number of alkyl halides is 3. The predicted octanol–water partition coefficient (Wildman–Crippen LogP) is 0.271. The number of hydrogen-bond acceptors (Lipinski definition) is 3. The van der Waals surface area contributed by atoms with Crippen molar-refractivity contribution in [3.05, 3.63) is 23.9 Å². The second-order valence-electron chi connectivity index (χ2n) is 2.54. The van der Waals surface area contributed by atoms with Crippen LogP contribution in [0.5, 0.6) is 0 Å². The Labute approximate surface area is 72.2 Å². The summed E-state index contributed by atoms with van der Waals surface area (Å²) in [7, 11) is 0. The summed E-state index contributed by atoms with van der Waals surface area (Å²) in [5, 5.41) is 19.1. The van der Waals surface area contributed by atoms with Gasteiger partial charge in [0.1, 0.15) is 6.04 Å². The normalized spacial score (nSPS) is 22.9. The summed E-state index contributed by atoms with van der Waals surface area (Å²) in [5.41, 5.74) is -0.259. The van der Waals surface area contributed by atoms with Gasteiger partial charge >= 0.3 is 6.18 Å². The summed E-state index contributed by atoms with van der Waals surface area (Å²) < 4.78 is 36.2. The van der Waals surface area contributed by atoms with Crippen LogP contribution in [-0.2, 0) is 0 Å². The van der Waals surface area contributed by atoms with Crippen molar-refractivity contribution in [2.75, 3.05) is 0 Å². The lowest BCUT2D eigenvalue weighted by Gasteiger charge is -2.24. The number of halogens is 3. The van der Waals surface area contributed by atoms with Crippen LogP contribution in [0.1, 0.15) is 0 Å². The fourth-order valence-corrected chi connectivity index (χ4v) is 0.898. The van der Waals surface area contributed by atoms with E-state index in [1.165, 1.54) is 6.08 Å². The first-order valence-electron chi connectivity index (χ1n) is 3.49. The highest BCUT2D eigenvalue weighted by Gasteiger charge is 2.39. The number of aliphatic hydroxyl groups is 2. The number of rotatable bonds is 1. The largest absolute Gasteiger partial charge is 0.412 e. The number of nitrogens with one attached hydrogen (secondary N) is 1. The molecule has 74 valence electrons. The Kier molecular flexibility index (Phi) is 2.63. The first kappa shape index (κ1) is 10.1. The van der Waals surface area contributed by atoms with Gasteiger partial charge in [0.25, 0.3) is 0 Å². The van der Waals surface area contributed by atoms with Gasteiger partial charge in [0.15, 0.2) is 6.29 Å². The van der Waals surface area contributed by atoms with Gasteiger partial charge < -0.3 is 15.5 Å². The number of dihydropyridines is 1. The summed E-state index contributed by atoms with van der Waals surface area (Å²) >= 11 is 0. The molecule has 3 nitrogen and oxygen atoms in total. The van der Waals surface area contributed by atoms with E-state index in [2.05, 4.69) is 0 Å². The van der Waals surface area contributed by atoms with Crippen LogP contribution in [-0.4, -0.2) is 28.7 Å². The van der Waals surface area contributed by atoms with Crippen LogP contribution in [0.15, 0.2) is 23.9 Å². The van der Waals surface area contributed by atoms with Gasteiger partial charge in [-0.1, -0.05) is 12.2 Å². The van der Waals surface area contributed by atoms with Crippen LogP contribution in [0, 0.1) is 0 Å². The van der Waals surface area contributed by atoms with E-state index in [0.717, 1.165) is 12.2 Å². The SMILES string of the molecule is OC(O)C1=CC=C[C@H](C(F)(F)F)N1. The molecule has 1 aliphatic rings. The second-order valence-corrected chi connectivity index (χ2v) is 2.54. The van der Waals surface area contributed by atoms with Crippen LogP contribution in [0.4, 0.5) is 13.2 Å². The van der Waals surface area contributed by atoms with Crippen molar-refractivity contribution in [1.82, 2.24) is 5.32 Å². The highest BCUT2D eigenvalue weighted by atomic mass is 19.4. The highest BCUT2D eigenvalue weighted by molar-refractivity contribution is 5.22. The van der Waals surface area contributed by atoms with Crippen molar-refractivity contribution in [3.8, 4) is 0 Å². The van der Waals surface area contributed by atoms with Crippen LogP contribution < -0.4 is 5.32 Å². The van der Waals surface area contributed by atoms with Gasteiger partial charge in [0.2, 0.25) is 0 Å². The smallest absolute Gasteiger partial charge is 0.370 e. The maximum absolute atomic E-state index is 12.1. The number of hydrogen-bond donors (Lipinski definition) is 3. The van der Waals surface area contributed by atoms with E-state index in [1.54, 1.807) is 0 Å². The summed E-state index contributed by atoms with van der Waals surface area (Å²) in [6, 6.07) is -1.85. The number of allylic oxidation sites excluding steroid dienone is 2. The van der Waals surface area contributed by atoms with Crippen molar-refractivity contribution >= 4 is 0 Å². The first-order chi connectivity index (χ1) is 5.91. The lowest BCUT2D eigenvalue weighted by atomic mass is 10.1. The zero-order valence-electron chi connectivity index (χ0n) is 6.42. The predicted molar refractivity (Wildman–Crippen MR) is 38.4 cm³/mol. The number of aliphatic hydroxyl groups excluding tert-OH is 1. The molecule has 0 bridgehead atoms. The van der Waals surface area contributed by atoms with Crippen LogP contribution in [0.25, 0.3) is 0 Å². The Balaban J connectivity index is 2.70. The van der Waals surface area contributed by atoms with Gasteiger partial charge in [-0.3, -0.25) is 0 Å². The topological polar surface area (TPSA) is 52.5 Å². The van der Waals surface area contributed by atoms with E-state index in [1.807, 2.05) is 5.32 Å². The molecule has 0 aromatic carbocycles. The molecule has 1 atom stereocenters. The molecule has 1 rings (SSSR count). The van der Waals surface area contributed by atoms with Crippen molar-refractivity contribution < 1.29 is 23.4 Å². The Bertz CT molecular complexity index is 245. The quantitative estimate of drug-likeness (QED) is 0.526. The fourth-order valence-electron chi connectivity index (χ4n) is 0.898. The first-order valence-corrected chi connectivity index (χ1v) is 3.49. The molecule has 0 amide bonds. The van der Waals surface area contributed by atoms with Gasteiger partial charge in [-0.05, 0) is 6.08 Å². The van der Waals surface area contributed by atoms with Crippen LogP contribution in [0.3, 0.4) is 0 Å². The van der Waals surface area contributed by atoms with Crippen molar-refractivity contribution in [3.63, 3.8) is 0 Å². The molecular formula is C7H8F3NO2. The third-order valence-corrected chi connectivity index (χ3v) is 1.53. The molecule has 0 saturated carbocycles. The maximum Gasteiger partial charge on any atom is 0.412 e. The van der Waals surface area contributed by atoms with E-state index in [4.69, 9.17) is 10.2 Å². The summed E-state index contributed by atoms with van der Waals surface area (Å²) in [4.78, 5) is 0. The Morgan fingerprint density at radius 1 is 1.38 bits per heavy atom. The van der Waals surface area contributed by atoms with Gasteiger partial charge in [-0.25, -0.2) is 0 Å². The Morgan fingerprint density at radius 3 is 2.46 bits per heavy atom. The summed E-state index contributed by atoms with van der Waals surface area (Å²) in [6.45, 7) is 0. The standard InChI is InChI=1S/C7H8F3NO2/c8-7(9,10)5-3-1-2-4(11-5)6(12)13/h1-3,5-6,11-13H/t5-/m1/s1. The molecule has 0 saturated heterocycles. The molecular weight excluding hydrogens is 187 g/mol. The average Bonchev–Trinajstić information content (AvgIpc) is 2.03. The van der Waals surface area contributed by atoms with Crippen LogP contribution >= 0.6 is 0 Å². The molecule has 0 aliphatic carbocycles. The molecule has 0 spiro atoms. The van der Waals surface area contributed by atoms with Gasteiger partial charge in [-0.15, -0.1) is 0 Å². The van der Waals surface area contributed by atoms with Gasteiger partial charge in [-0.2, -0.15) is 13.2 Å².